The number of nitrogens with zero attached hydrogens (tertiary/aromatic N) is 2. The van der Waals surface area contributed by atoms with Gasteiger partial charge in [0.05, 0.1) is 6.61 Å². The molecule has 0 saturated heterocycles. The highest BCUT2D eigenvalue weighted by Crippen LogP contribution is 2.36. The van der Waals surface area contributed by atoms with E-state index in [4.69, 9.17) is 9.72 Å². The van der Waals surface area contributed by atoms with Gasteiger partial charge >= 0.3 is 0 Å². The highest BCUT2D eigenvalue weighted by molar-refractivity contribution is 5.69. The Kier molecular flexibility index (Phi) is 4.18. The zero-order chi connectivity index (χ0) is 17.2. The Morgan fingerprint density at radius 1 is 1.08 bits per heavy atom. The van der Waals surface area contributed by atoms with Crippen molar-refractivity contribution in [1.29, 1.82) is 0 Å². The van der Waals surface area contributed by atoms with Crippen molar-refractivity contribution in [2.24, 2.45) is 0 Å². The summed E-state index contributed by atoms with van der Waals surface area (Å²) in [6.07, 6.45) is 4.51. The molecule has 0 aliphatic carbocycles. The highest BCUT2D eigenvalue weighted by atomic mass is 19.1. The summed E-state index contributed by atoms with van der Waals surface area (Å²) in [7, 11) is 0. The molecule has 0 fully saturated rings. The lowest BCUT2D eigenvalue weighted by atomic mass is 10.0. The normalized spacial score (nSPS) is 12.7. The van der Waals surface area contributed by atoms with E-state index in [1.54, 1.807) is 12.1 Å². The van der Waals surface area contributed by atoms with Gasteiger partial charge < -0.3 is 4.74 Å². The van der Waals surface area contributed by atoms with Crippen LogP contribution in [0.4, 0.5) is 4.39 Å². The molecule has 3 aromatic rings. The van der Waals surface area contributed by atoms with E-state index in [-0.39, 0.29) is 5.82 Å². The van der Waals surface area contributed by atoms with Crippen LogP contribution in [0.15, 0.2) is 48.7 Å². The molecule has 0 N–H and O–H groups in total. The van der Waals surface area contributed by atoms with Crippen LogP contribution in [0.3, 0.4) is 0 Å². The van der Waals surface area contributed by atoms with Crippen LogP contribution < -0.4 is 4.74 Å². The number of aryl methyl sites for hydroxylation is 3. The lowest BCUT2D eigenvalue weighted by Crippen LogP contribution is -1.99. The van der Waals surface area contributed by atoms with Crippen LogP contribution in [-0.2, 0) is 19.3 Å². The minimum atomic E-state index is -0.245. The van der Waals surface area contributed by atoms with Gasteiger partial charge in [0.2, 0.25) is 0 Å². The monoisotopic (exact) mass is 334 g/mol. The second-order valence-corrected chi connectivity index (χ2v) is 6.36. The molecule has 3 heterocycles. The summed E-state index contributed by atoms with van der Waals surface area (Å²) in [6, 6.07) is 12.7. The van der Waals surface area contributed by atoms with Crippen molar-refractivity contribution in [2.45, 2.75) is 26.2 Å². The molecule has 4 rings (SSSR count). The molecule has 0 unspecified atom stereocenters. The Labute approximate surface area is 146 Å². The van der Waals surface area contributed by atoms with Gasteiger partial charge in [0.25, 0.3) is 0 Å². The number of rotatable bonds is 4. The van der Waals surface area contributed by atoms with Gasteiger partial charge in [0, 0.05) is 35.1 Å². The first-order valence-electron chi connectivity index (χ1n) is 8.52. The van der Waals surface area contributed by atoms with Gasteiger partial charge in [0.1, 0.15) is 17.3 Å². The van der Waals surface area contributed by atoms with Gasteiger partial charge in [-0.25, -0.2) is 9.37 Å². The maximum Gasteiger partial charge on any atom is 0.148 e. The zero-order valence-electron chi connectivity index (χ0n) is 14.1. The number of halogens is 1. The minimum absolute atomic E-state index is 0.245. The van der Waals surface area contributed by atoms with Crippen molar-refractivity contribution in [3.8, 4) is 17.0 Å². The summed E-state index contributed by atoms with van der Waals surface area (Å²) in [4.78, 5) is 9.06. The van der Waals surface area contributed by atoms with E-state index in [2.05, 4.69) is 17.1 Å². The van der Waals surface area contributed by atoms with E-state index >= 15 is 0 Å². The number of pyridine rings is 2. The first kappa shape index (κ1) is 15.8. The average molecular weight is 334 g/mol. The number of ether oxygens (including phenoxy) is 1. The first-order chi connectivity index (χ1) is 12.2. The number of hydrogen-bond acceptors (Lipinski definition) is 3. The molecule has 0 amide bonds. The van der Waals surface area contributed by atoms with Crippen LogP contribution in [0.25, 0.3) is 11.3 Å². The van der Waals surface area contributed by atoms with Crippen LogP contribution >= 0.6 is 0 Å². The second-order valence-electron chi connectivity index (χ2n) is 6.36. The molecule has 0 atom stereocenters. The molecule has 3 nitrogen and oxygen atoms in total. The number of hydrogen-bond donors (Lipinski definition) is 0. The molecule has 25 heavy (non-hydrogen) atoms. The Morgan fingerprint density at radius 2 is 1.92 bits per heavy atom. The summed E-state index contributed by atoms with van der Waals surface area (Å²) >= 11 is 0. The Morgan fingerprint density at radius 3 is 2.72 bits per heavy atom. The molecule has 1 aliphatic rings. The molecular formula is C21H19FN2O. The summed E-state index contributed by atoms with van der Waals surface area (Å²) < 4.78 is 19.0. The van der Waals surface area contributed by atoms with Gasteiger partial charge in [-0.1, -0.05) is 0 Å². The standard InChI is InChI=1S/C21H19FN2O/c1-14-12-15(8-10-23-14)2-7-19-13-17-9-11-25-21(17)20(24-19)16-3-5-18(22)6-4-16/h3-6,8,10,12-13H,2,7,9,11H2,1H3. The third kappa shape index (κ3) is 3.38. The molecule has 0 radical (unpaired) electrons. The van der Waals surface area contributed by atoms with Gasteiger partial charge in [-0.3, -0.25) is 4.98 Å². The first-order valence-corrected chi connectivity index (χ1v) is 8.52. The van der Waals surface area contributed by atoms with Crippen molar-refractivity contribution in [2.75, 3.05) is 6.61 Å². The lowest BCUT2D eigenvalue weighted by Gasteiger charge is -2.11. The fourth-order valence-corrected chi connectivity index (χ4v) is 3.22. The fourth-order valence-electron chi connectivity index (χ4n) is 3.22. The maximum absolute atomic E-state index is 13.2. The number of aromatic nitrogens is 2. The van der Waals surface area contributed by atoms with Crippen LogP contribution in [-0.4, -0.2) is 16.6 Å². The molecule has 0 bridgehead atoms. The Bertz CT molecular complexity index is 906. The third-order valence-electron chi connectivity index (χ3n) is 4.47. The predicted octanol–water partition coefficient (Wildman–Crippen LogP) is 4.31. The number of fused-ring (bicyclic) bond motifs is 1. The van der Waals surface area contributed by atoms with Crippen molar-refractivity contribution >= 4 is 0 Å². The number of benzene rings is 1. The van der Waals surface area contributed by atoms with E-state index in [0.717, 1.165) is 47.7 Å². The van der Waals surface area contributed by atoms with Gasteiger partial charge in [-0.2, -0.15) is 0 Å². The summed E-state index contributed by atoms with van der Waals surface area (Å²) in [5, 5.41) is 0. The molecule has 0 spiro atoms. The molecular weight excluding hydrogens is 315 g/mol. The van der Waals surface area contributed by atoms with Gasteiger partial charge in [-0.15, -0.1) is 0 Å². The van der Waals surface area contributed by atoms with E-state index in [9.17, 15) is 4.39 Å². The third-order valence-corrected chi connectivity index (χ3v) is 4.47. The van der Waals surface area contributed by atoms with E-state index < -0.39 is 0 Å². The highest BCUT2D eigenvalue weighted by Gasteiger charge is 2.20. The molecule has 0 saturated carbocycles. The summed E-state index contributed by atoms with van der Waals surface area (Å²) in [5.41, 5.74) is 6.22. The fraction of sp³-hybridized carbons (Fsp3) is 0.238. The quantitative estimate of drug-likeness (QED) is 0.713. The van der Waals surface area contributed by atoms with Crippen LogP contribution in [0.1, 0.15) is 22.5 Å². The average Bonchev–Trinajstić information content (AvgIpc) is 3.09. The SMILES string of the molecule is Cc1cc(CCc2cc3c(c(-c4ccc(F)cc4)n2)OCC3)ccn1. The molecule has 4 heteroatoms. The molecule has 1 aromatic carbocycles. The van der Waals surface area contributed by atoms with Crippen molar-refractivity contribution in [1.82, 2.24) is 9.97 Å². The van der Waals surface area contributed by atoms with Gasteiger partial charge in [0.15, 0.2) is 0 Å². The van der Waals surface area contributed by atoms with Crippen molar-refractivity contribution in [3.05, 3.63) is 77.0 Å². The molecule has 1 aliphatic heterocycles. The predicted molar refractivity (Wildman–Crippen MR) is 95.2 cm³/mol. The maximum atomic E-state index is 13.2. The van der Waals surface area contributed by atoms with E-state index in [1.807, 2.05) is 19.2 Å². The Balaban J connectivity index is 1.65. The smallest absolute Gasteiger partial charge is 0.148 e. The van der Waals surface area contributed by atoms with Crippen molar-refractivity contribution in [3.63, 3.8) is 0 Å². The zero-order valence-corrected chi connectivity index (χ0v) is 14.1. The second kappa shape index (κ2) is 6.63. The largest absolute Gasteiger partial charge is 0.491 e. The van der Waals surface area contributed by atoms with Crippen LogP contribution in [0.2, 0.25) is 0 Å². The Hall–Kier alpha value is -2.75. The van der Waals surface area contributed by atoms with Gasteiger partial charge in [-0.05, 0) is 67.8 Å². The van der Waals surface area contributed by atoms with E-state index in [1.165, 1.54) is 23.3 Å². The topological polar surface area (TPSA) is 35.0 Å². The minimum Gasteiger partial charge on any atom is -0.491 e. The lowest BCUT2D eigenvalue weighted by molar-refractivity contribution is 0.357. The summed E-state index contributed by atoms with van der Waals surface area (Å²) in [6.45, 7) is 2.68. The van der Waals surface area contributed by atoms with Crippen molar-refractivity contribution < 1.29 is 9.13 Å². The molecule has 2 aromatic heterocycles. The van der Waals surface area contributed by atoms with Crippen LogP contribution in [0.5, 0.6) is 5.75 Å². The summed E-state index contributed by atoms with van der Waals surface area (Å²) in [5.74, 6) is 0.598. The molecule has 126 valence electrons. The van der Waals surface area contributed by atoms with Crippen LogP contribution in [0, 0.1) is 12.7 Å². The van der Waals surface area contributed by atoms with E-state index in [0.29, 0.717) is 6.61 Å².